The predicted octanol–water partition coefficient (Wildman–Crippen LogP) is 16.8. The molecule has 354 valence electrons. The number of carbonyl (C=O) groups is 3. The highest BCUT2D eigenvalue weighted by Crippen LogP contribution is 2.12. The number of rotatable bonds is 45. The van der Waals surface area contributed by atoms with Crippen LogP contribution in [0, 0.1) is 0 Å². The van der Waals surface area contributed by atoms with Crippen LogP contribution < -0.4 is 0 Å². The fourth-order valence-corrected chi connectivity index (χ4v) is 6.76. The van der Waals surface area contributed by atoms with E-state index in [1.54, 1.807) is 0 Å². The molecule has 0 aromatic rings. The Morgan fingerprint density at radius 3 is 1.13 bits per heavy atom. The lowest BCUT2D eigenvalue weighted by Gasteiger charge is -2.18. The monoisotopic (exact) mass is 863 g/mol. The van der Waals surface area contributed by atoms with Crippen LogP contribution in [0.25, 0.3) is 0 Å². The SMILES string of the molecule is CCCCCC/C=C\CCCC(=O)OCC(COC(=O)CCCCCCC\C=C/C=C\C=C/CCCCCCC)OC(=O)CCC/C=C\C/C=C\C/C=C\CCCCCCCC. The summed E-state index contributed by atoms with van der Waals surface area (Å²) in [5.74, 6) is -1.03. The fourth-order valence-electron chi connectivity index (χ4n) is 6.76. The molecule has 0 bridgehead atoms. The van der Waals surface area contributed by atoms with Crippen LogP contribution in [0.2, 0.25) is 0 Å². The topological polar surface area (TPSA) is 78.9 Å². The summed E-state index contributed by atoms with van der Waals surface area (Å²) in [6.45, 7) is 6.48. The van der Waals surface area contributed by atoms with Gasteiger partial charge < -0.3 is 14.2 Å². The second-order valence-corrected chi connectivity index (χ2v) is 16.8. The van der Waals surface area contributed by atoms with Gasteiger partial charge in [0, 0.05) is 19.3 Å². The van der Waals surface area contributed by atoms with E-state index < -0.39 is 6.10 Å². The standard InChI is InChI=1S/C56H94O6/c1-4-7-10-13-16-19-21-23-25-27-29-30-32-34-37-40-43-46-49-55(58)61-52-53(51-60-54(57)48-45-42-39-36-18-15-12-9-6-3)62-56(59)50-47-44-41-38-35-33-31-28-26-24-22-20-17-14-11-8-5-2/h21,23-27,29-31,33,36,38-39,41,53H,4-20,22,28,32,34-35,37,40,42-52H2,1-3H3/b23-21-,26-24-,27-25-,30-29-,33-31-,39-36-,41-38-. The first kappa shape index (κ1) is 58.6. The van der Waals surface area contributed by atoms with Gasteiger partial charge in [-0.15, -0.1) is 0 Å². The van der Waals surface area contributed by atoms with Crippen molar-refractivity contribution in [3.63, 3.8) is 0 Å². The second kappa shape index (κ2) is 50.2. The van der Waals surface area contributed by atoms with E-state index in [-0.39, 0.29) is 37.5 Å². The normalized spacial score (nSPS) is 12.8. The first-order valence-electron chi connectivity index (χ1n) is 25.6. The molecular formula is C56H94O6. The van der Waals surface area contributed by atoms with E-state index in [2.05, 4.69) is 106 Å². The minimum absolute atomic E-state index is 0.116. The van der Waals surface area contributed by atoms with Gasteiger partial charge in [-0.2, -0.15) is 0 Å². The molecule has 1 atom stereocenters. The fraction of sp³-hybridized carbons (Fsp3) is 0.696. The molecule has 0 fully saturated rings. The van der Waals surface area contributed by atoms with Crippen LogP contribution in [-0.2, 0) is 28.6 Å². The number of hydrogen-bond donors (Lipinski definition) is 0. The summed E-state index contributed by atoms with van der Waals surface area (Å²) in [5.41, 5.74) is 0. The Kier molecular flexibility index (Phi) is 47.5. The molecular weight excluding hydrogens is 769 g/mol. The number of hydrogen-bond acceptors (Lipinski definition) is 6. The Morgan fingerprint density at radius 2 is 0.661 bits per heavy atom. The van der Waals surface area contributed by atoms with Crippen LogP contribution in [0.15, 0.2) is 85.1 Å². The molecule has 0 aromatic carbocycles. The Hall–Kier alpha value is -3.41. The Morgan fingerprint density at radius 1 is 0.339 bits per heavy atom. The molecule has 0 amide bonds. The van der Waals surface area contributed by atoms with Crippen molar-refractivity contribution in [2.45, 2.75) is 239 Å². The summed E-state index contributed by atoms with van der Waals surface area (Å²) < 4.78 is 16.7. The van der Waals surface area contributed by atoms with Crippen molar-refractivity contribution < 1.29 is 28.6 Å². The summed E-state index contributed by atoms with van der Waals surface area (Å²) in [7, 11) is 0. The minimum atomic E-state index is -0.821. The van der Waals surface area contributed by atoms with Gasteiger partial charge in [0.2, 0.25) is 0 Å². The molecule has 0 aliphatic rings. The molecule has 0 aromatic heterocycles. The zero-order valence-electron chi connectivity index (χ0n) is 40.4. The van der Waals surface area contributed by atoms with Crippen molar-refractivity contribution in [2.24, 2.45) is 0 Å². The zero-order valence-corrected chi connectivity index (χ0v) is 40.4. The summed E-state index contributed by atoms with van der Waals surface area (Å²) in [6.07, 6.45) is 64.4. The van der Waals surface area contributed by atoms with Gasteiger partial charge in [-0.05, 0) is 96.3 Å². The van der Waals surface area contributed by atoms with Gasteiger partial charge in [-0.3, -0.25) is 14.4 Å². The van der Waals surface area contributed by atoms with E-state index in [0.717, 1.165) is 77.0 Å². The van der Waals surface area contributed by atoms with Gasteiger partial charge in [-0.25, -0.2) is 0 Å². The molecule has 0 N–H and O–H groups in total. The van der Waals surface area contributed by atoms with Crippen molar-refractivity contribution >= 4 is 17.9 Å². The van der Waals surface area contributed by atoms with E-state index in [4.69, 9.17) is 14.2 Å². The average Bonchev–Trinajstić information content (AvgIpc) is 3.27. The number of unbranched alkanes of at least 4 members (excludes halogenated alkanes) is 22. The van der Waals surface area contributed by atoms with E-state index in [0.29, 0.717) is 25.7 Å². The number of esters is 3. The van der Waals surface area contributed by atoms with E-state index in [9.17, 15) is 14.4 Å². The van der Waals surface area contributed by atoms with E-state index in [1.807, 2.05) is 0 Å². The first-order valence-corrected chi connectivity index (χ1v) is 25.6. The zero-order chi connectivity index (χ0) is 45.1. The van der Waals surface area contributed by atoms with Crippen LogP contribution >= 0.6 is 0 Å². The smallest absolute Gasteiger partial charge is 0.306 e. The lowest BCUT2D eigenvalue weighted by molar-refractivity contribution is -0.167. The summed E-state index contributed by atoms with van der Waals surface area (Å²) >= 11 is 0. The van der Waals surface area contributed by atoms with Gasteiger partial charge in [-0.1, -0.05) is 202 Å². The van der Waals surface area contributed by atoms with Gasteiger partial charge in [0.05, 0.1) is 0 Å². The van der Waals surface area contributed by atoms with Crippen LogP contribution in [-0.4, -0.2) is 37.2 Å². The van der Waals surface area contributed by atoms with Crippen LogP contribution in [0.4, 0.5) is 0 Å². The van der Waals surface area contributed by atoms with Crippen molar-refractivity contribution in [1.29, 1.82) is 0 Å². The molecule has 0 radical (unpaired) electrons. The maximum absolute atomic E-state index is 12.7. The van der Waals surface area contributed by atoms with Crippen molar-refractivity contribution in [3.8, 4) is 0 Å². The van der Waals surface area contributed by atoms with Crippen molar-refractivity contribution in [2.75, 3.05) is 13.2 Å². The maximum atomic E-state index is 12.7. The third-order valence-electron chi connectivity index (χ3n) is 10.7. The molecule has 6 nitrogen and oxygen atoms in total. The number of carbonyl (C=O) groups excluding carboxylic acids is 3. The lowest BCUT2D eigenvalue weighted by Crippen LogP contribution is -2.30. The molecule has 0 heterocycles. The molecule has 0 aliphatic carbocycles. The van der Waals surface area contributed by atoms with Gasteiger partial charge in [0.15, 0.2) is 6.10 Å². The lowest BCUT2D eigenvalue weighted by atomic mass is 10.1. The predicted molar refractivity (Wildman–Crippen MR) is 265 cm³/mol. The highest BCUT2D eigenvalue weighted by atomic mass is 16.6. The van der Waals surface area contributed by atoms with Crippen molar-refractivity contribution in [3.05, 3.63) is 85.1 Å². The van der Waals surface area contributed by atoms with Crippen molar-refractivity contribution in [1.82, 2.24) is 0 Å². The Balaban J connectivity index is 4.48. The number of ether oxygens (including phenoxy) is 3. The van der Waals surface area contributed by atoms with Crippen LogP contribution in [0.3, 0.4) is 0 Å². The summed E-state index contributed by atoms with van der Waals surface area (Å²) in [6, 6.07) is 0. The van der Waals surface area contributed by atoms with E-state index in [1.165, 1.54) is 103 Å². The van der Waals surface area contributed by atoms with Gasteiger partial charge in [0.25, 0.3) is 0 Å². The second-order valence-electron chi connectivity index (χ2n) is 16.8. The van der Waals surface area contributed by atoms with Gasteiger partial charge in [0.1, 0.15) is 13.2 Å². The largest absolute Gasteiger partial charge is 0.462 e. The molecule has 1 unspecified atom stereocenters. The molecule has 0 saturated carbocycles. The molecule has 0 spiro atoms. The number of allylic oxidation sites excluding steroid dienone is 14. The average molecular weight is 863 g/mol. The Labute approximate surface area is 382 Å². The van der Waals surface area contributed by atoms with Crippen LogP contribution in [0.5, 0.6) is 0 Å². The van der Waals surface area contributed by atoms with Gasteiger partial charge >= 0.3 is 17.9 Å². The molecule has 0 rings (SSSR count). The highest BCUT2D eigenvalue weighted by Gasteiger charge is 2.19. The molecule has 6 heteroatoms. The third kappa shape index (κ3) is 47.6. The summed E-state index contributed by atoms with van der Waals surface area (Å²) in [4.78, 5) is 37.8. The summed E-state index contributed by atoms with van der Waals surface area (Å²) in [5, 5.41) is 0. The molecule has 62 heavy (non-hydrogen) atoms. The third-order valence-corrected chi connectivity index (χ3v) is 10.7. The molecule has 0 saturated heterocycles. The van der Waals surface area contributed by atoms with E-state index >= 15 is 0 Å². The quantitative estimate of drug-likeness (QED) is 0.0199. The van der Waals surface area contributed by atoms with Crippen LogP contribution in [0.1, 0.15) is 233 Å². The minimum Gasteiger partial charge on any atom is -0.462 e. The first-order chi connectivity index (χ1) is 30.5. The molecule has 0 aliphatic heterocycles. The highest BCUT2D eigenvalue weighted by molar-refractivity contribution is 5.71. The maximum Gasteiger partial charge on any atom is 0.306 e. The Bertz CT molecular complexity index is 1220.